The molecule has 0 radical (unpaired) electrons. The Hall–Kier alpha value is -3.57. The fraction of sp³-hybridized carbons (Fsp3) is 0.280. The van der Waals surface area contributed by atoms with E-state index in [-0.39, 0.29) is 18.1 Å². The molecule has 11 heteroatoms. The van der Waals surface area contributed by atoms with Gasteiger partial charge in [-0.2, -0.15) is 4.98 Å². The molecule has 1 aliphatic heterocycles. The number of fused-ring (bicyclic) bond motifs is 1. The zero-order chi connectivity index (χ0) is 25.2. The van der Waals surface area contributed by atoms with Crippen molar-refractivity contribution < 1.29 is 14.2 Å². The van der Waals surface area contributed by atoms with E-state index in [0.717, 1.165) is 5.56 Å². The van der Waals surface area contributed by atoms with Crippen LogP contribution in [0.4, 0.5) is 5.95 Å². The molecule has 0 amide bonds. The zero-order valence-electron chi connectivity index (χ0n) is 19.8. The number of anilines is 1. The molecular weight excluding hydrogens is 484 g/mol. The number of nitrogens with zero attached hydrogens (tertiary/aromatic N) is 4. The van der Waals surface area contributed by atoms with Crippen LogP contribution in [0.5, 0.6) is 5.88 Å². The largest absolute Gasteiger partial charge is 0.481 e. The highest BCUT2D eigenvalue weighted by Gasteiger charge is 2.23. The van der Waals surface area contributed by atoms with Gasteiger partial charge in [0.25, 0.3) is 5.56 Å². The number of pyridine rings is 2. The van der Waals surface area contributed by atoms with E-state index < -0.39 is 6.29 Å². The Kier molecular flexibility index (Phi) is 6.84. The Bertz CT molecular complexity index is 1470. The lowest BCUT2D eigenvalue weighted by molar-refractivity contribution is -0.191. The summed E-state index contributed by atoms with van der Waals surface area (Å²) in [5.74, 6) is 0.892. The van der Waals surface area contributed by atoms with Gasteiger partial charge in [-0.15, -0.1) is 0 Å². The van der Waals surface area contributed by atoms with Crippen LogP contribution in [0.2, 0.25) is 5.02 Å². The summed E-state index contributed by atoms with van der Waals surface area (Å²) in [7, 11) is 3.28. The number of hydrogen-bond acceptors (Lipinski definition) is 9. The molecule has 10 nitrogen and oxygen atoms in total. The molecule has 1 fully saturated rings. The van der Waals surface area contributed by atoms with Gasteiger partial charge in [0.05, 0.1) is 38.6 Å². The van der Waals surface area contributed by atoms with Crippen molar-refractivity contribution >= 4 is 28.6 Å². The van der Waals surface area contributed by atoms with E-state index in [0.29, 0.717) is 57.9 Å². The summed E-state index contributed by atoms with van der Waals surface area (Å²) in [6, 6.07) is 12.5. The van der Waals surface area contributed by atoms with Crippen LogP contribution >= 0.6 is 11.6 Å². The van der Waals surface area contributed by atoms with Gasteiger partial charge in [0, 0.05) is 46.4 Å². The fourth-order valence-electron chi connectivity index (χ4n) is 4.04. The van der Waals surface area contributed by atoms with E-state index >= 15 is 0 Å². The normalized spacial score (nSPS) is 17.8. The van der Waals surface area contributed by atoms with Gasteiger partial charge in [0.2, 0.25) is 11.8 Å². The van der Waals surface area contributed by atoms with Crippen molar-refractivity contribution in [1.29, 1.82) is 0 Å². The van der Waals surface area contributed by atoms with Crippen LogP contribution < -0.4 is 21.3 Å². The quantitative estimate of drug-likeness (QED) is 0.404. The van der Waals surface area contributed by atoms with Crippen LogP contribution in [0, 0.1) is 0 Å². The molecule has 4 aromatic rings. The minimum absolute atomic E-state index is 0.138. The molecule has 5 rings (SSSR count). The molecule has 186 valence electrons. The number of halogens is 1. The highest BCUT2D eigenvalue weighted by molar-refractivity contribution is 6.33. The molecule has 3 N–H and O–H groups in total. The number of aromatic nitrogens is 4. The first-order chi connectivity index (χ1) is 17.5. The van der Waals surface area contributed by atoms with Crippen LogP contribution in [0.3, 0.4) is 0 Å². The Balaban J connectivity index is 1.60. The lowest BCUT2D eigenvalue weighted by Gasteiger charge is -2.28. The van der Waals surface area contributed by atoms with Crippen LogP contribution in [0.25, 0.3) is 33.4 Å². The lowest BCUT2D eigenvalue weighted by atomic mass is 10.0. The minimum atomic E-state index is -0.633. The lowest BCUT2D eigenvalue weighted by Crippen LogP contribution is -2.43. The summed E-state index contributed by atoms with van der Waals surface area (Å²) in [5.41, 5.74) is 8.53. The van der Waals surface area contributed by atoms with Gasteiger partial charge < -0.3 is 25.3 Å². The summed E-state index contributed by atoms with van der Waals surface area (Å²) in [5, 5.41) is 3.99. The molecule has 3 aromatic heterocycles. The van der Waals surface area contributed by atoms with Gasteiger partial charge in [-0.25, -0.2) is 9.97 Å². The molecule has 4 heterocycles. The van der Waals surface area contributed by atoms with E-state index in [1.165, 1.54) is 4.57 Å². The number of hydrogen-bond donors (Lipinski definition) is 2. The fourth-order valence-corrected chi connectivity index (χ4v) is 4.32. The molecule has 0 aliphatic carbocycles. The smallest absolute Gasteiger partial charge is 0.260 e. The van der Waals surface area contributed by atoms with Gasteiger partial charge in [0.1, 0.15) is 5.65 Å². The second kappa shape index (κ2) is 10.2. The number of methoxy groups -OCH3 is 1. The van der Waals surface area contributed by atoms with E-state index in [1.54, 1.807) is 44.6 Å². The van der Waals surface area contributed by atoms with Crippen molar-refractivity contribution in [2.45, 2.75) is 18.9 Å². The van der Waals surface area contributed by atoms with E-state index in [4.69, 9.17) is 31.5 Å². The van der Waals surface area contributed by atoms with Crippen LogP contribution in [0.1, 0.15) is 0 Å². The van der Waals surface area contributed by atoms with Crippen molar-refractivity contribution in [3.63, 3.8) is 0 Å². The average Bonchev–Trinajstić information content (AvgIpc) is 2.91. The standard InChI is InChI=1S/C25H25ClN6O4/c1-28-25-29-10-15-8-18(24(33)32(23(15)31-25)11-22-35-12-16(27)13-36-22)17-7-6-14(9-19(17)26)20-4-3-5-21(30-20)34-2/h3-10,16,22H,11-13,27H2,1-2H3,(H,28,29,31). The Morgan fingerprint density at radius 1 is 1.17 bits per heavy atom. The SMILES string of the molecule is CNc1ncc2cc(-c3ccc(-c4cccc(OC)n4)cc3Cl)c(=O)n(CC3OCC(N)CO3)c2n1. The van der Waals surface area contributed by atoms with Crippen LogP contribution in [-0.2, 0) is 16.0 Å². The summed E-state index contributed by atoms with van der Waals surface area (Å²) < 4.78 is 18.1. The van der Waals surface area contributed by atoms with E-state index in [2.05, 4.69) is 20.3 Å². The van der Waals surface area contributed by atoms with Crippen LogP contribution in [0.15, 0.2) is 53.5 Å². The second-order valence-corrected chi connectivity index (χ2v) is 8.72. The van der Waals surface area contributed by atoms with Crippen molar-refractivity contribution in [3.8, 4) is 28.3 Å². The third-order valence-corrected chi connectivity index (χ3v) is 6.18. The van der Waals surface area contributed by atoms with Crippen LogP contribution in [-0.4, -0.2) is 59.2 Å². The second-order valence-electron chi connectivity index (χ2n) is 8.31. The monoisotopic (exact) mass is 508 g/mol. The summed E-state index contributed by atoms with van der Waals surface area (Å²) in [6.45, 7) is 0.832. The molecular formula is C25H25ClN6O4. The number of nitrogens with one attached hydrogen (secondary N) is 1. The number of nitrogens with two attached hydrogens (primary N) is 1. The first-order valence-electron chi connectivity index (χ1n) is 11.4. The number of benzene rings is 1. The zero-order valence-corrected chi connectivity index (χ0v) is 20.5. The summed E-state index contributed by atoms with van der Waals surface area (Å²) in [6.07, 6.45) is 1.03. The Labute approximate surface area is 212 Å². The van der Waals surface area contributed by atoms with Gasteiger partial charge in [0.15, 0.2) is 6.29 Å². The molecule has 0 spiro atoms. The molecule has 1 aliphatic rings. The highest BCUT2D eigenvalue weighted by Crippen LogP contribution is 2.32. The molecule has 0 bridgehead atoms. The number of ether oxygens (including phenoxy) is 3. The first kappa shape index (κ1) is 24.1. The number of rotatable bonds is 6. The topological polar surface area (TPSA) is 126 Å². The average molecular weight is 509 g/mol. The predicted octanol–water partition coefficient (Wildman–Crippen LogP) is 2.92. The van der Waals surface area contributed by atoms with Crippen molar-refractivity contribution in [3.05, 3.63) is 64.0 Å². The van der Waals surface area contributed by atoms with Gasteiger partial charge in [-0.1, -0.05) is 29.8 Å². The third kappa shape index (κ3) is 4.76. The maximum Gasteiger partial charge on any atom is 0.260 e. The van der Waals surface area contributed by atoms with E-state index in [9.17, 15) is 4.79 Å². The Morgan fingerprint density at radius 2 is 1.97 bits per heavy atom. The van der Waals surface area contributed by atoms with Gasteiger partial charge in [-0.05, 0) is 18.2 Å². The summed E-state index contributed by atoms with van der Waals surface area (Å²) in [4.78, 5) is 27.1. The van der Waals surface area contributed by atoms with Gasteiger partial charge >= 0.3 is 0 Å². The maximum atomic E-state index is 13.8. The molecule has 1 saturated heterocycles. The van der Waals surface area contributed by atoms with Crippen molar-refractivity contribution in [1.82, 2.24) is 19.5 Å². The van der Waals surface area contributed by atoms with Crippen molar-refractivity contribution in [2.75, 3.05) is 32.7 Å². The molecule has 36 heavy (non-hydrogen) atoms. The molecule has 1 aromatic carbocycles. The molecule has 0 saturated carbocycles. The Morgan fingerprint density at radius 3 is 2.69 bits per heavy atom. The third-order valence-electron chi connectivity index (χ3n) is 5.86. The molecule has 0 unspecified atom stereocenters. The van der Waals surface area contributed by atoms with Gasteiger partial charge in [-0.3, -0.25) is 9.36 Å². The van der Waals surface area contributed by atoms with E-state index in [1.807, 2.05) is 18.2 Å². The predicted molar refractivity (Wildman–Crippen MR) is 137 cm³/mol. The molecule has 0 atom stereocenters. The highest BCUT2D eigenvalue weighted by atomic mass is 35.5. The maximum absolute atomic E-state index is 13.8. The summed E-state index contributed by atoms with van der Waals surface area (Å²) >= 11 is 6.71. The van der Waals surface area contributed by atoms with Crippen molar-refractivity contribution in [2.24, 2.45) is 5.73 Å². The first-order valence-corrected chi connectivity index (χ1v) is 11.7. The minimum Gasteiger partial charge on any atom is -0.481 e.